The van der Waals surface area contributed by atoms with E-state index in [-0.39, 0.29) is 6.04 Å². The molecule has 2 rings (SSSR count). The summed E-state index contributed by atoms with van der Waals surface area (Å²) in [5, 5.41) is 1.21. The van der Waals surface area contributed by atoms with Gasteiger partial charge in [-0.2, -0.15) is 0 Å². The lowest BCUT2D eigenvalue weighted by atomic mass is 10.0. The average Bonchev–Trinajstić information content (AvgIpc) is 2.12. The van der Waals surface area contributed by atoms with Gasteiger partial charge in [0.25, 0.3) is 0 Å². The van der Waals surface area contributed by atoms with Crippen molar-refractivity contribution in [1.29, 1.82) is 0 Å². The van der Waals surface area contributed by atoms with Crippen molar-refractivity contribution in [1.82, 2.24) is 0 Å². The monoisotopic (exact) mass is 217 g/mol. The highest BCUT2D eigenvalue weighted by Gasteiger charge is 2.23. The van der Waals surface area contributed by atoms with E-state index in [1.165, 1.54) is 0 Å². The highest BCUT2D eigenvalue weighted by molar-refractivity contribution is 6.35. The van der Waals surface area contributed by atoms with Crippen LogP contribution in [0.3, 0.4) is 0 Å². The summed E-state index contributed by atoms with van der Waals surface area (Å²) in [5.41, 5.74) is 6.73. The highest BCUT2D eigenvalue weighted by Crippen LogP contribution is 2.40. The van der Waals surface area contributed by atoms with Crippen molar-refractivity contribution in [3.8, 4) is 5.75 Å². The summed E-state index contributed by atoms with van der Waals surface area (Å²) < 4.78 is 5.41. The molecular weight excluding hydrogens is 209 g/mol. The summed E-state index contributed by atoms with van der Waals surface area (Å²) in [6.45, 7) is 0.605. The largest absolute Gasteiger partial charge is 0.492 e. The fourth-order valence-electron chi connectivity index (χ4n) is 1.47. The summed E-state index contributed by atoms with van der Waals surface area (Å²) >= 11 is 11.9. The highest BCUT2D eigenvalue weighted by atomic mass is 35.5. The lowest BCUT2D eigenvalue weighted by Crippen LogP contribution is -2.21. The third-order valence-corrected chi connectivity index (χ3v) is 2.77. The Balaban J connectivity index is 2.60. The van der Waals surface area contributed by atoms with Gasteiger partial charge in [-0.05, 0) is 12.1 Å². The standard InChI is InChI=1S/C9H9Cl2NO/c10-5-1-2-6(11)9-8(5)7(12)3-4-13-9/h1-2,7H,3-4,12H2/t7-/m1/s1. The molecule has 70 valence electrons. The van der Waals surface area contributed by atoms with Crippen LogP contribution in [-0.2, 0) is 0 Å². The third-order valence-electron chi connectivity index (χ3n) is 2.14. The Morgan fingerprint density at radius 2 is 2.00 bits per heavy atom. The van der Waals surface area contributed by atoms with Crippen LogP contribution in [0.25, 0.3) is 0 Å². The van der Waals surface area contributed by atoms with Crippen LogP contribution in [0.15, 0.2) is 12.1 Å². The van der Waals surface area contributed by atoms with Gasteiger partial charge in [-0.15, -0.1) is 0 Å². The Hall–Kier alpha value is -0.440. The molecule has 1 aliphatic heterocycles. The Bertz CT molecular complexity index is 341. The van der Waals surface area contributed by atoms with Crippen LogP contribution in [0.5, 0.6) is 5.75 Å². The lowest BCUT2D eigenvalue weighted by molar-refractivity contribution is 0.269. The molecule has 0 saturated carbocycles. The molecule has 1 aromatic carbocycles. The Kier molecular flexibility index (Phi) is 2.37. The van der Waals surface area contributed by atoms with Gasteiger partial charge in [0.15, 0.2) is 0 Å². The maximum Gasteiger partial charge on any atom is 0.144 e. The van der Waals surface area contributed by atoms with E-state index in [0.29, 0.717) is 22.4 Å². The van der Waals surface area contributed by atoms with Gasteiger partial charge in [0.1, 0.15) is 5.75 Å². The molecule has 2 N–H and O–H groups in total. The minimum atomic E-state index is -0.0602. The zero-order valence-electron chi connectivity index (χ0n) is 6.89. The SMILES string of the molecule is N[C@@H]1CCOc2c(Cl)ccc(Cl)c21. The van der Waals surface area contributed by atoms with Crippen LogP contribution in [0.1, 0.15) is 18.0 Å². The van der Waals surface area contributed by atoms with Gasteiger partial charge in [0.05, 0.1) is 11.6 Å². The number of nitrogens with two attached hydrogens (primary N) is 1. The minimum absolute atomic E-state index is 0.0602. The van der Waals surface area contributed by atoms with Crippen molar-refractivity contribution >= 4 is 23.2 Å². The Morgan fingerprint density at radius 1 is 1.31 bits per heavy atom. The molecule has 0 bridgehead atoms. The molecule has 0 radical (unpaired) electrons. The molecule has 0 amide bonds. The van der Waals surface area contributed by atoms with E-state index in [0.717, 1.165) is 12.0 Å². The number of fused-ring (bicyclic) bond motifs is 1. The van der Waals surface area contributed by atoms with Gasteiger partial charge in [-0.25, -0.2) is 0 Å². The van der Waals surface area contributed by atoms with Gasteiger partial charge < -0.3 is 10.5 Å². The van der Waals surface area contributed by atoms with Crippen molar-refractivity contribution in [2.24, 2.45) is 5.73 Å². The van der Waals surface area contributed by atoms with E-state index in [1.54, 1.807) is 12.1 Å². The molecule has 0 aromatic heterocycles. The van der Waals surface area contributed by atoms with Crippen LogP contribution < -0.4 is 10.5 Å². The van der Waals surface area contributed by atoms with Crippen molar-refractivity contribution < 1.29 is 4.74 Å². The Morgan fingerprint density at radius 3 is 2.69 bits per heavy atom. The van der Waals surface area contributed by atoms with Gasteiger partial charge in [0, 0.05) is 23.0 Å². The first-order valence-corrected chi connectivity index (χ1v) is 4.82. The van der Waals surface area contributed by atoms with Crippen molar-refractivity contribution in [3.63, 3.8) is 0 Å². The van der Waals surface area contributed by atoms with Crippen LogP contribution in [-0.4, -0.2) is 6.61 Å². The molecule has 1 aliphatic rings. The summed E-state index contributed by atoms with van der Waals surface area (Å²) in [5.74, 6) is 0.646. The quantitative estimate of drug-likeness (QED) is 0.726. The maximum absolute atomic E-state index is 5.99. The molecular formula is C9H9Cl2NO. The molecule has 1 aromatic rings. The molecule has 0 fully saturated rings. The first-order chi connectivity index (χ1) is 6.20. The molecule has 0 spiro atoms. The van der Waals surface area contributed by atoms with Gasteiger partial charge in [-0.3, -0.25) is 0 Å². The Labute approximate surface area is 86.6 Å². The topological polar surface area (TPSA) is 35.2 Å². The molecule has 1 heterocycles. The van der Waals surface area contributed by atoms with Crippen LogP contribution in [0, 0.1) is 0 Å². The molecule has 13 heavy (non-hydrogen) atoms. The lowest BCUT2D eigenvalue weighted by Gasteiger charge is -2.24. The first-order valence-electron chi connectivity index (χ1n) is 4.06. The first kappa shape index (κ1) is 9.13. The third kappa shape index (κ3) is 1.50. The minimum Gasteiger partial charge on any atom is -0.492 e. The van der Waals surface area contributed by atoms with Crippen molar-refractivity contribution in [2.75, 3.05) is 6.61 Å². The smallest absolute Gasteiger partial charge is 0.144 e. The second kappa shape index (κ2) is 3.37. The number of benzene rings is 1. The summed E-state index contributed by atoms with van der Waals surface area (Å²) in [6, 6.07) is 3.41. The van der Waals surface area contributed by atoms with Crippen molar-refractivity contribution in [3.05, 3.63) is 27.7 Å². The fourth-order valence-corrected chi connectivity index (χ4v) is 1.98. The molecule has 4 heteroatoms. The second-order valence-corrected chi connectivity index (χ2v) is 3.83. The maximum atomic E-state index is 5.99. The van der Waals surface area contributed by atoms with Gasteiger partial charge in [-0.1, -0.05) is 23.2 Å². The van der Waals surface area contributed by atoms with Crippen LogP contribution in [0.2, 0.25) is 10.0 Å². The van der Waals surface area contributed by atoms with E-state index in [4.69, 9.17) is 33.7 Å². The fraction of sp³-hybridized carbons (Fsp3) is 0.333. The normalized spacial score (nSPS) is 20.7. The predicted octanol–water partition coefficient (Wildman–Crippen LogP) is 2.78. The molecule has 0 saturated heterocycles. The predicted molar refractivity (Wildman–Crippen MR) is 53.5 cm³/mol. The summed E-state index contributed by atoms with van der Waals surface area (Å²) in [4.78, 5) is 0. The summed E-state index contributed by atoms with van der Waals surface area (Å²) in [6.07, 6.45) is 0.785. The van der Waals surface area contributed by atoms with Crippen molar-refractivity contribution in [2.45, 2.75) is 12.5 Å². The molecule has 0 aliphatic carbocycles. The number of halogens is 2. The van der Waals surface area contributed by atoms with E-state index < -0.39 is 0 Å². The molecule has 2 nitrogen and oxygen atoms in total. The number of ether oxygens (including phenoxy) is 1. The number of hydrogen-bond donors (Lipinski definition) is 1. The van der Waals surface area contributed by atoms with E-state index in [1.807, 2.05) is 0 Å². The summed E-state index contributed by atoms with van der Waals surface area (Å²) in [7, 11) is 0. The second-order valence-electron chi connectivity index (χ2n) is 3.02. The number of hydrogen-bond acceptors (Lipinski definition) is 2. The van der Waals surface area contributed by atoms with Gasteiger partial charge >= 0.3 is 0 Å². The zero-order chi connectivity index (χ0) is 9.42. The van der Waals surface area contributed by atoms with E-state index in [9.17, 15) is 0 Å². The zero-order valence-corrected chi connectivity index (χ0v) is 8.40. The van der Waals surface area contributed by atoms with Gasteiger partial charge in [0.2, 0.25) is 0 Å². The van der Waals surface area contributed by atoms with Crippen LogP contribution in [0.4, 0.5) is 0 Å². The molecule has 1 atom stereocenters. The van der Waals surface area contributed by atoms with Crippen LogP contribution >= 0.6 is 23.2 Å². The molecule has 0 unspecified atom stereocenters. The van der Waals surface area contributed by atoms with E-state index >= 15 is 0 Å². The average molecular weight is 218 g/mol. The number of rotatable bonds is 0. The van der Waals surface area contributed by atoms with E-state index in [2.05, 4.69) is 0 Å².